The highest BCUT2D eigenvalue weighted by molar-refractivity contribution is 7.22. The Morgan fingerprint density at radius 2 is 2.38 bits per heavy atom. The molecule has 1 heterocycles. The van der Waals surface area contributed by atoms with E-state index in [1.54, 1.807) is 6.07 Å². The van der Waals surface area contributed by atoms with Crippen LogP contribution in [0.4, 0.5) is 15.6 Å². The molecule has 0 radical (unpaired) electrons. The molecule has 1 aromatic heterocycles. The minimum Gasteiger partial charge on any atom is -0.399 e. The molecule has 84 valence electrons. The number of nitrogen functional groups attached to an aromatic ring is 1. The van der Waals surface area contributed by atoms with Gasteiger partial charge in [-0.1, -0.05) is 11.3 Å². The van der Waals surface area contributed by atoms with Gasteiger partial charge in [0, 0.05) is 12.2 Å². The normalized spacial score (nSPS) is 10.3. The number of fused-ring (bicyclic) bond motifs is 1. The first-order valence-electron chi connectivity index (χ1n) is 4.90. The molecular formula is C10H12N4OS. The molecule has 0 aliphatic rings. The molecule has 16 heavy (non-hydrogen) atoms. The number of aromatic nitrogens is 1. The summed E-state index contributed by atoms with van der Waals surface area (Å²) in [7, 11) is 0. The van der Waals surface area contributed by atoms with Crippen molar-refractivity contribution in [3.05, 3.63) is 18.2 Å². The van der Waals surface area contributed by atoms with Crippen molar-refractivity contribution in [2.45, 2.75) is 6.92 Å². The lowest BCUT2D eigenvalue weighted by Crippen LogP contribution is -2.28. The monoisotopic (exact) mass is 236 g/mol. The van der Waals surface area contributed by atoms with Crippen molar-refractivity contribution < 1.29 is 4.79 Å². The second-order valence-corrected chi connectivity index (χ2v) is 4.26. The van der Waals surface area contributed by atoms with Gasteiger partial charge in [-0.2, -0.15) is 0 Å². The second-order valence-electron chi connectivity index (χ2n) is 3.23. The molecule has 2 rings (SSSR count). The number of nitrogens with two attached hydrogens (primary N) is 1. The van der Waals surface area contributed by atoms with E-state index in [4.69, 9.17) is 5.73 Å². The number of thiazole rings is 1. The highest BCUT2D eigenvalue weighted by Crippen LogP contribution is 2.27. The molecule has 0 unspecified atom stereocenters. The number of rotatable bonds is 2. The highest BCUT2D eigenvalue weighted by Gasteiger charge is 2.06. The van der Waals surface area contributed by atoms with Gasteiger partial charge in [0.05, 0.1) is 10.2 Å². The number of amides is 2. The fourth-order valence-electron chi connectivity index (χ4n) is 1.30. The predicted octanol–water partition coefficient (Wildman–Crippen LogP) is 2.02. The largest absolute Gasteiger partial charge is 0.399 e. The summed E-state index contributed by atoms with van der Waals surface area (Å²) >= 11 is 1.40. The van der Waals surface area contributed by atoms with Crippen molar-refractivity contribution in [3.8, 4) is 0 Å². The first-order chi connectivity index (χ1) is 7.69. The Morgan fingerprint density at radius 1 is 1.56 bits per heavy atom. The summed E-state index contributed by atoms with van der Waals surface area (Å²) in [5.74, 6) is 0. The van der Waals surface area contributed by atoms with Gasteiger partial charge in [0.2, 0.25) is 0 Å². The van der Waals surface area contributed by atoms with Gasteiger partial charge in [-0.25, -0.2) is 9.78 Å². The molecule has 2 aromatic rings. The zero-order chi connectivity index (χ0) is 11.5. The summed E-state index contributed by atoms with van der Waals surface area (Å²) in [6.07, 6.45) is 0. The molecular weight excluding hydrogens is 224 g/mol. The third kappa shape index (κ3) is 2.22. The van der Waals surface area contributed by atoms with Gasteiger partial charge in [0.25, 0.3) is 0 Å². The summed E-state index contributed by atoms with van der Waals surface area (Å²) in [5, 5.41) is 5.89. The van der Waals surface area contributed by atoms with E-state index in [1.807, 2.05) is 19.1 Å². The Bertz CT molecular complexity index is 523. The van der Waals surface area contributed by atoms with Crippen molar-refractivity contribution >= 4 is 38.4 Å². The van der Waals surface area contributed by atoms with Crippen molar-refractivity contribution in [2.24, 2.45) is 0 Å². The molecule has 0 saturated carbocycles. The molecule has 1 aromatic carbocycles. The zero-order valence-electron chi connectivity index (χ0n) is 8.78. The molecule has 0 fully saturated rings. The van der Waals surface area contributed by atoms with Crippen molar-refractivity contribution in [2.75, 3.05) is 17.6 Å². The van der Waals surface area contributed by atoms with Crippen LogP contribution in [-0.2, 0) is 0 Å². The van der Waals surface area contributed by atoms with Crippen LogP contribution >= 0.6 is 11.3 Å². The second kappa shape index (κ2) is 4.36. The average Bonchev–Trinajstić information content (AvgIpc) is 2.59. The molecule has 5 nitrogen and oxygen atoms in total. The fourth-order valence-corrected chi connectivity index (χ4v) is 2.21. The number of urea groups is 1. The number of carbonyl (C=O) groups is 1. The van der Waals surface area contributed by atoms with E-state index in [0.29, 0.717) is 17.4 Å². The Balaban J connectivity index is 2.23. The van der Waals surface area contributed by atoms with E-state index >= 15 is 0 Å². The lowest BCUT2D eigenvalue weighted by atomic mass is 10.3. The summed E-state index contributed by atoms with van der Waals surface area (Å²) < 4.78 is 0.965. The summed E-state index contributed by atoms with van der Waals surface area (Å²) in [5.41, 5.74) is 7.20. The molecule has 6 heteroatoms. The van der Waals surface area contributed by atoms with Gasteiger partial charge in [0.1, 0.15) is 0 Å². The zero-order valence-corrected chi connectivity index (χ0v) is 9.60. The van der Waals surface area contributed by atoms with E-state index < -0.39 is 0 Å². The summed E-state index contributed by atoms with van der Waals surface area (Å²) in [6.45, 7) is 2.45. The van der Waals surface area contributed by atoms with E-state index in [1.165, 1.54) is 11.3 Å². The molecule has 0 spiro atoms. The van der Waals surface area contributed by atoms with Crippen molar-refractivity contribution in [1.29, 1.82) is 0 Å². The number of carbonyl (C=O) groups excluding carboxylic acids is 1. The van der Waals surface area contributed by atoms with Crippen LogP contribution in [0.2, 0.25) is 0 Å². The quantitative estimate of drug-likeness (QED) is 0.698. The topological polar surface area (TPSA) is 80.0 Å². The highest BCUT2D eigenvalue weighted by atomic mass is 32.1. The smallest absolute Gasteiger partial charge is 0.321 e. The maximum atomic E-state index is 11.3. The Morgan fingerprint density at radius 3 is 3.12 bits per heavy atom. The SMILES string of the molecule is CCNC(=O)Nc1nc2ccc(N)cc2s1. The van der Waals surface area contributed by atoms with Gasteiger partial charge < -0.3 is 11.1 Å². The number of hydrogen-bond donors (Lipinski definition) is 3. The van der Waals surface area contributed by atoms with Crippen LogP contribution in [0, 0.1) is 0 Å². The predicted molar refractivity (Wildman–Crippen MR) is 66.7 cm³/mol. The van der Waals surface area contributed by atoms with Crippen molar-refractivity contribution in [1.82, 2.24) is 10.3 Å². The van der Waals surface area contributed by atoms with Gasteiger partial charge in [-0.05, 0) is 25.1 Å². The number of hydrogen-bond acceptors (Lipinski definition) is 4. The van der Waals surface area contributed by atoms with Crippen LogP contribution in [0.5, 0.6) is 0 Å². The van der Waals surface area contributed by atoms with Crippen LogP contribution in [0.1, 0.15) is 6.92 Å². The molecule has 2 amide bonds. The molecule has 0 aliphatic heterocycles. The summed E-state index contributed by atoms with van der Waals surface area (Å²) in [6, 6.07) is 5.23. The molecule has 0 aliphatic carbocycles. The third-order valence-corrected chi connectivity index (χ3v) is 2.90. The Kier molecular flexibility index (Phi) is 2.91. The molecule has 0 atom stereocenters. The standard InChI is InChI=1S/C10H12N4OS/c1-2-12-9(15)14-10-13-7-4-3-6(11)5-8(7)16-10/h3-5H,2,11H2,1H3,(H2,12,13,14,15). The number of benzene rings is 1. The van der Waals surface area contributed by atoms with Crippen LogP contribution < -0.4 is 16.4 Å². The number of nitrogens with one attached hydrogen (secondary N) is 2. The van der Waals surface area contributed by atoms with Crippen molar-refractivity contribution in [3.63, 3.8) is 0 Å². The molecule has 0 bridgehead atoms. The lowest BCUT2D eigenvalue weighted by molar-refractivity contribution is 0.252. The minimum atomic E-state index is -0.241. The molecule has 0 saturated heterocycles. The van der Waals surface area contributed by atoms with Gasteiger partial charge in [-0.3, -0.25) is 5.32 Å². The van der Waals surface area contributed by atoms with E-state index in [0.717, 1.165) is 10.2 Å². The average molecular weight is 236 g/mol. The van der Waals surface area contributed by atoms with Crippen LogP contribution in [0.25, 0.3) is 10.2 Å². The van der Waals surface area contributed by atoms with E-state index in [9.17, 15) is 4.79 Å². The first-order valence-corrected chi connectivity index (χ1v) is 5.71. The van der Waals surface area contributed by atoms with Gasteiger partial charge >= 0.3 is 6.03 Å². The van der Waals surface area contributed by atoms with Crippen LogP contribution in [0.3, 0.4) is 0 Å². The number of nitrogens with zero attached hydrogens (tertiary/aromatic N) is 1. The Labute approximate surface area is 96.7 Å². The van der Waals surface area contributed by atoms with E-state index in [2.05, 4.69) is 15.6 Å². The first kappa shape index (κ1) is 10.7. The van der Waals surface area contributed by atoms with Crippen LogP contribution in [0.15, 0.2) is 18.2 Å². The minimum absolute atomic E-state index is 0.241. The molecule has 4 N–H and O–H groups in total. The third-order valence-electron chi connectivity index (χ3n) is 1.97. The van der Waals surface area contributed by atoms with Crippen LogP contribution in [-0.4, -0.2) is 17.6 Å². The van der Waals surface area contributed by atoms with Gasteiger partial charge in [-0.15, -0.1) is 0 Å². The summed E-state index contributed by atoms with van der Waals surface area (Å²) in [4.78, 5) is 15.5. The maximum Gasteiger partial charge on any atom is 0.321 e. The van der Waals surface area contributed by atoms with E-state index in [-0.39, 0.29) is 6.03 Å². The Hall–Kier alpha value is -1.82. The number of anilines is 2. The maximum absolute atomic E-state index is 11.3. The van der Waals surface area contributed by atoms with Gasteiger partial charge in [0.15, 0.2) is 5.13 Å². The lowest BCUT2D eigenvalue weighted by Gasteiger charge is -2.00. The fraction of sp³-hybridized carbons (Fsp3) is 0.200.